The van der Waals surface area contributed by atoms with Crippen molar-refractivity contribution in [2.75, 3.05) is 25.5 Å². The molecule has 0 saturated heterocycles. The number of nitrogens with zero attached hydrogens (tertiary/aromatic N) is 2. The number of ether oxygens (including phenoxy) is 1. The number of aromatic amines is 1. The van der Waals surface area contributed by atoms with E-state index in [0.717, 1.165) is 6.42 Å². The molecule has 6 nitrogen and oxygen atoms in total. The lowest BCUT2D eigenvalue weighted by molar-refractivity contribution is 0.158. The molecule has 104 valence electrons. The van der Waals surface area contributed by atoms with Crippen LogP contribution in [-0.2, 0) is 11.2 Å². The first kappa shape index (κ1) is 15.7. The quantitative estimate of drug-likeness (QED) is 0.412. The van der Waals surface area contributed by atoms with E-state index in [1.54, 1.807) is 0 Å². The Bertz CT molecular complexity index is 495. The van der Waals surface area contributed by atoms with Gasteiger partial charge in [0.1, 0.15) is 11.6 Å². The predicted octanol–water partition coefficient (Wildman–Crippen LogP) is 0.661. The van der Waals surface area contributed by atoms with Crippen LogP contribution in [0.5, 0.6) is 0 Å². The Labute approximate surface area is 116 Å². The van der Waals surface area contributed by atoms with Crippen LogP contribution in [0.4, 0.5) is 0 Å². The van der Waals surface area contributed by atoms with E-state index in [4.69, 9.17) is 15.7 Å². The number of aryl methyl sites for hydroxylation is 1. The SMILES string of the molecule is CCCc1nc(SCCOCCN)[nH]c(=O)c1C#N. The highest BCUT2D eigenvalue weighted by molar-refractivity contribution is 7.99. The molecule has 0 spiro atoms. The van der Waals surface area contributed by atoms with Gasteiger partial charge >= 0.3 is 0 Å². The lowest BCUT2D eigenvalue weighted by Crippen LogP contribution is -2.17. The maximum atomic E-state index is 11.7. The van der Waals surface area contributed by atoms with Gasteiger partial charge in [0.2, 0.25) is 0 Å². The summed E-state index contributed by atoms with van der Waals surface area (Å²) in [4.78, 5) is 18.6. The summed E-state index contributed by atoms with van der Waals surface area (Å²) < 4.78 is 5.24. The molecule has 0 amide bonds. The van der Waals surface area contributed by atoms with E-state index < -0.39 is 0 Å². The highest BCUT2D eigenvalue weighted by Crippen LogP contribution is 2.13. The Balaban J connectivity index is 2.69. The first-order valence-corrected chi connectivity index (χ1v) is 7.15. The summed E-state index contributed by atoms with van der Waals surface area (Å²) in [6.45, 7) is 3.56. The van der Waals surface area contributed by atoms with Crippen molar-refractivity contribution in [3.8, 4) is 6.07 Å². The molecule has 0 aliphatic rings. The summed E-state index contributed by atoms with van der Waals surface area (Å²) in [5.41, 5.74) is 5.62. The fraction of sp³-hybridized carbons (Fsp3) is 0.583. The summed E-state index contributed by atoms with van der Waals surface area (Å²) in [5, 5.41) is 9.47. The zero-order valence-corrected chi connectivity index (χ0v) is 11.8. The molecule has 0 bridgehead atoms. The second kappa shape index (κ2) is 8.69. The first-order valence-electron chi connectivity index (χ1n) is 6.16. The molecule has 1 aromatic heterocycles. The van der Waals surface area contributed by atoms with E-state index in [1.807, 2.05) is 13.0 Å². The molecule has 1 heterocycles. The van der Waals surface area contributed by atoms with E-state index in [1.165, 1.54) is 11.8 Å². The van der Waals surface area contributed by atoms with E-state index >= 15 is 0 Å². The molecular formula is C12H18N4O2S. The molecular weight excluding hydrogens is 264 g/mol. The minimum Gasteiger partial charge on any atom is -0.379 e. The van der Waals surface area contributed by atoms with Gasteiger partial charge in [0.15, 0.2) is 5.16 Å². The predicted molar refractivity (Wildman–Crippen MR) is 74.2 cm³/mol. The van der Waals surface area contributed by atoms with E-state index in [-0.39, 0.29) is 11.1 Å². The minimum atomic E-state index is -0.369. The maximum Gasteiger partial charge on any atom is 0.269 e. The van der Waals surface area contributed by atoms with Crippen LogP contribution >= 0.6 is 11.8 Å². The fourth-order valence-electron chi connectivity index (χ4n) is 1.48. The molecule has 0 atom stereocenters. The van der Waals surface area contributed by atoms with E-state index in [0.29, 0.717) is 42.8 Å². The maximum absolute atomic E-state index is 11.7. The number of nitriles is 1. The van der Waals surface area contributed by atoms with Gasteiger partial charge in [-0.25, -0.2) is 4.98 Å². The van der Waals surface area contributed by atoms with Gasteiger partial charge in [0, 0.05) is 12.3 Å². The monoisotopic (exact) mass is 282 g/mol. The summed E-state index contributed by atoms with van der Waals surface area (Å²) in [7, 11) is 0. The van der Waals surface area contributed by atoms with Crippen molar-refractivity contribution in [2.45, 2.75) is 24.9 Å². The van der Waals surface area contributed by atoms with Crippen molar-refractivity contribution < 1.29 is 4.74 Å². The fourth-order valence-corrected chi connectivity index (χ4v) is 2.22. The van der Waals surface area contributed by atoms with Crippen LogP contribution in [0.25, 0.3) is 0 Å². The smallest absolute Gasteiger partial charge is 0.269 e. The number of H-pyrrole nitrogens is 1. The molecule has 0 saturated carbocycles. The van der Waals surface area contributed by atoms with Crippen LogP contribution in [0.1, 0.15) is 24.6 Å². The summed E-state index contributed by atoms with van der Waals surface area (Å²) in [5.74, 6) is 0.681. The van der Waals surface area contributed by atoms with Crippen LogP contribution in [0.3, 0.4) is 0 Å². The van der Waals surface area contributed by atoms with Crippen LogP contribution in [-0.4, -0.2) is 35.5 Å². The number of hydrogen-bond acceptors (Lipinski definition) is 6. The minimum absolute atomic E-state index is 0.116. The van der Waals surface area contributed by atoms with Crippen LogP contribution in [0, 0.1) is 11.3 Å². The average Bonchev–Trinajstić information content (AvgIpc) is 2.39. The Morgan fingerprint density at radius 3 is 2.95 bits per heavy atom. The standard InChI is InChI=1S/C12H18N4O2S/c1-2-3-10-9(8-14)11(17)16-12(15-10)19-7-6-18-5-4-13/h2-7,13H2,1H3,(H,15,16,17). The summed E-state index contributed by atoms with van der Waals surface area (Å²) >= 11 is 1.40. The molecule has 0 radical (unpaired) electrons. The lowest BCUT2D eigenvalue weighted by atomic mass is 10.1. The zero-order chi connectivity index (χ0) is 14.1. The van der Waals surface area contributed by atoms with E-state index in [9.17, 15) is 4.79 Å². The molecule has 0 unspecified atom stereocenters. The van der Waals surface area contributed by atoms with Crippen molar-refractivity contribution in [3.05, 3.63) is 21.6 Å². The molecule has 0 aliphatic heterocycles. The van der Waals surface area contributed by atoms with Gasteiger partial charge in [-0.1, -0.05) is 25.1 Å². The second-order valence-corrected chi connectivity index (χ2v) is 4.89. The van der Waals surface area contributed by atoms with Crippen molar-refractivity contribution in [1.29, 1.82) is 5.26 Å². The van der Waals surface area contributed by atoms with E-state index in [2.05, 4.69) is 9.97 Å². The van der Waals surface area contributed by atoms with Crippen LogP contribution in [0.2, 0.25) is 0 Å². The van der Waals surface area contributed by atoms with Gasteiger partial charge in [-0.3, -0.25) is 4.79 Å². The van der Waals surface area contributed by atoms with Crippen molar-refractivity contribution in [1.82, 2.24) is 9.97 Å². The highest BCUT2D eigenvalue weighted by atomic mass is 32.2. The van der Waals surface area contributed by atoms with Gasteiger partial charge < -0.3 is 15.5 Å². The number of thioether (sulfide) groups is 1. The Kier molecular flexibility index (Phi) is 7.18. The number of aromatic nitrogens is 2. The summed E-state index contributed by atoms with van der Waals surface area (Å²) in [6.07, 6.45) is 1.47. The van der Waals surface area contributed by atoms with Gasteiger partial charge in [-0.15, -0.1) is 0 Å². The molecule has 3 N–H and O–H groups in total. The van der Waals surface area contributed by atoms with Gasteiger partial charge in [0.05, 0.1) is 18.9 Å². The largest absolute Gasteiger partial charge is 0.379 e. The Hall–Kier alpha value is -1.36. The Morgan fingerprint density at radius 1 is 1.53 bits per heavy atom. The number of nitrogens with one attached hydrogen (secondary N) is 1. The van der Waals surface area contributed by atoms with Gasteiger partial charge in [0.25, 0.3) is 5.56 Å². The normalized spacial score (nSPS) is 10.4. The Morgan fingerprint density at radius 2 is 2.32 bits per heavy atom. The third-order valence-corrected chi connectivity index (χ3v) is 3.14. The molecule has 0 aliphatic carbocycles. The lowest BCUT2D eigenvalue weighted by Gasteiger charge is -2.05. The molecule has 7 heteroatoms. The number of rotatable bonds is 8. The third kappa shape index (κ3) is 5.03. The van der Waals surface area contributed by atoms with Crippen molar-refractivity contribution in [3.63, 3.8) is 0 Å². The second-order valence-electron chi connectivity index (χ2n) is 3.80. The van der Waals surface area contributed by atoms with Gasteiger partial charge in [-0.2, -0.15) is 5.26 Å². The molecule has 0 aromatic carbocycles. The number of hydrogen-bond donors (Lipinski definition) is 2. The molecule has 0 fully saturated rings. The van der Waals surface area contributed by atoms with Crippen LogP contribution in [0.15, 0.2) is 9.95 Å². The summed E-state index contributed by atoms with van der Waals surface area (Å²) in [6, 6.07) is 1.91. The van der Waals surface area contributed by atoms with Crippen LogP contribution < -0.4 is 11.3 Å². The number of nitrogens with two attached hydrogens (primary N) is 1. The molecule has 1 rings (SSSR count). The molecule has 1 aromatic rings. The highest BCUT2D eigenvalue weighted by Gasteiger charge is 2.10. The first-order chi connectivity index (χ1) is 9.22. The average molecular weight is 282 g/mol. The topological polar surface area (TPSA) is 105 Å². The van der Waals surface area contributed by atoms with Gasteiger partial charge in [-0.05, 0) is 6.42 Å². The zero-order valence-electron chi connectivity index (χ0n) is 10.9. The van der Waals surface area contributed by atoms with Crippen molar-refractivity contribution in [2.24, 2.45) is 5.73 Å². The molecule has 19 heavy (non-hydrogen) atoms. The third-order valence-electron chi connectivity index (χ3n) is 2.30. The van der Waals surface area contributed by atoms with Crippen molar-refractivity contribution >= 4 is 11.8 Å².